The van der Waals surface area contributed by atoms with Gasteiger partial charge in [-0.05, 0) is 187 Å². The van der Waals surface area contributed by atoms with Crippen molar-refractivity contribution in [2.45, 2.75) is 88.5 Å². The lowest BCUT2D eigenvalue weighted by Crippen LogP contribution is -2.30. The molecule has 0 heterocycles. The molecule has 8 aromatic rings. The summed E-state index contributed by atoms with van der Waals surface area (Å²) >= 11 is 0. The molecule has 9 rings (SSSR count). The SMILES string of the molecule is Cc1ccc(N(c2ccc3c(c2)C(c2cc(C)cc(C)c2)(c2cc(C)cc(C)c2)c2cc(N(c4ccc(C)cc4)c4c(C)cc(C)cc4C)ccc2-3)c2c(C)cc(C)cc2C)cc1. The topological polar surface area (TPSA) is 6.48 Å². The molecule has 1 aliphatic carbocycles. The molecule has 0 unspecified atom stereocenters. The van der Waals surface area contributed by atoms with Gasteiger partial charge in [0, 0.05) is 22.7 Å². The Bertz CT molecular complexity index is 2780. The van der Waals surface area contributed by atoms with E-state index in [0.29, 0.717) is 0 Å². The monoisotopic (exact) mass is 820 g/mol. The van der Waals surface area contributed by atoms with Crippen molar-refractivity contribution in [2.24, 2.45) is 0 Å². The van der Waals surface area contributed by atoms with Crippen LogP contribution in [-0.2, 0) is 5.41 Å². The third kappa shape index (κ3) is 7.26. The maximum Gasteiger partial charge on any atom is 0.0715 e. The highest BCUT2D eigenvalue weighted by atomic mass is 15.2. The maximum absolute atomic E-state index is 2.52. The molecule has 2 heteroatoms. The van der Waals surface area contributed by atoms with E-state index in [1.54, 1.807) is 0 Å². The van der Waals surface area contributed by atoms with Gasteiger partial charge in [-0.2, -0.15) is 0 Å². The van der Waals surface area contributed by atoms with E-state index >= 15 is 0 Å². The number of rotatable bonds is 8. The van der Waals surface area contributed by atoms with Crippen LogP contribution in [0.3, 0.4) is 0 Å². The summed E-state index contributed by atoms with van der Waals surface area (Å²) in [5.74, 6) is 0. The summed E-state index contributed by atoms with van der Waals surface area (Å²) in [6.07, 6.45) is 0. The quantitative estimate of drug-likeness (QED) is 0.151. The normalized spacial score (nSPS) is 12.6. The molecule has 0 aliphatic heterocycles. The Hall–Kier alpha value is -6.64. The third-order valence-corrected chi connectivity index (χ3v) is 13.2. The molecule has 0 aromatic heterocycles. The molecule has 0 amide bonds. The average molecular weight is 821 g/mol. The predicted molar refractivity (Wildman–Crippen MR) is 270 cm³/mol. The van der Waals surface area contributed by atoms with E-state index in [4.69, 9.17) is 0 Å². The van der Waals surface area contributed by atoms with Gasteiger partial charge in [0.1, 0.15) is 0 Å². The van der Waals surface area contributed by atoms with Crippen LogP contribution in [-0.4, -0.2) is 0 Å². The summed E-state index contributed by atoms with van der Waals surface area (Å²) < 4.78 is 0. The Labute approximate surface area is 376 Å². The summed E-state index contributed by atoms with van der Waals surface area (Å²) in [6, 6.07) is 56.3. The van der Waals surface area contributed by atoms with Gasteiger partial charge in [-0.1, -0.05) is 142 Å². The maximum atomic E-state index is 2.52. The van der Waals surface area contributed by atoms with Crippen LogP contribution in [0.2, 0.25) is 0 Å². The molecule has 314 valence electrons. The van der Waals surface area contributed by atoms with Crippen molar-refractivity contribution in [3.8, 4) is 11.1 Å². The lowest BCUT2D eigenvalue weighted by atomic mass is 9.66. The Kier molecular flexibility index (Phi) is 10.5. The minimum absolute atomic E-state index is 0.642. The number of nitrogens with zero attached hydrogens (tertiary/aromatic N) is 2. The largest absolute Gasteiger partial charge is 0.310 e. The van der Waals surface area contributed by atoms with Crippen molar-refractivity contribution < 1.29 is 0 Å². The first-order valence-electron chi connectivity index (χ1n) is 22.5. The van der Waals surface area contributed by atoms with Gasteiger partial charge in [0.25, 0.3) is 0 Å². The summed E-state index contributed by atoms with van der Waals surface area (Å²) in [6.45, 7) is 26.8. The molecule has 8 aromatic carbocycles. The van der Waals surface area contributed by atoms with Crippen LogP contribution in [0.1, 0.15) is 89.0 Å². The Morgan fingerprint density at radius 1 is 0.270 bits per heavy atom. The fourth-order valence-corrected chi connectivity index (χ4v) is 11.0. The van der Waals surface area contributed by atoms with Crippen molar-refractivity contribution in [3.05, 3.63) is 235 Å². The highest BCUT2D eigenvalue weighted by Gasteiger charge is 2.47. The van der Waals surface area contributed by atoms with Gasteiger partial charge in [-0.3, -0.25) is 0 Å². The second-order valence-corrected chi connectivity index (χ2v) is 18.8. The van der Waals surface area contributed by atoms with Crippen LogP contribution in [0, 0.1) is 83.1 Å². The standard InChI is InChI=1S/C61H60N2/c1-37-13-17-51(18-14-37)62(59-45(9)27-43(7)28-46(59)10)53-21-23-55-56-24-22-54(63(52-19-15-38(2)16-20-52)60-47(11)29-44(8)30-48(60)12)36-58(56)61(57(55)35-53,49-31-39(3)25-40(4)32-49)50-33-41(5)26-42(6)34-50/h13-36H,1-12H3. The lowest BCUT2D eigenvalue weighted by Gasteiger charge is -2.37. The molecule has 0 N–H and O–H groups in total. The minimum Gasteiger partial charge on any atom is -0.310 e. The van der Waals surface area contributed by atoms with Gasteiger partial charge >= 0.3 is 0 Å². The van der Waals surface area contributed by atoms with Crippen molar-refractivity contribution >= 4 is 34.1 Å². The molecule has 1 aliphatic rings. The van der Waals surface area contributed by atoms with Crippen LogP contribution < -0.4 is 9.80 Å². The third-order valence-electron chi connectivity index (χ3n) is 13.2. The highest BCUT2D eigenvalue weighted by Crippen LogP contribution is 2.59. The van der Waals surface area contributed by atoms with Gasteiger partial charge in [0.15, 0.2) is 0 Å². The van der Waals surface area contributed by atoms with E-state index in [1.807, 2.05) is 0 Å². The molecule has 0 fully saturated rings. The minimum atomic E-state index is -0.642. The molecule has 0 radical (unpaired) electrons. The number of hydrogen-bond acceptors (Lipinski definition) is 2. The van der Waals surface area contributed by atoms with Crippen LogP contribution >= 0.6 is 0 Å². The van der Waals surface area contributed by atoms with E-state index in [1.165, 1.54) is 112 Å². The van der Waals surface area contributed by atoms with Crippen molar-refractivity contribution in [1.82, 2.24) is 0 Å². The average Bonchev–Trinajstić information content (AvgIpc) is 3.50. The molecule has 0 atom stereocenters. The molecule has 0 spiro atoms. The van der Waals surface area contributed by atoms with E-state index in [-0.39, 0.29) is 0 Å². The number of anilines is 6. The second kappa shape index (κ2) is 15.9. The zero-order valence-corrected chi connectivity index (χ0v) is 39.3. The summed E-state index contributed by atoms with van der Waals surface area (Å²) in [5.41, 5.74) is 29.2. The highest BCUT2D eigenvalue weighted by molar-refractivity contribution is 5.93. The van der Waals surface area contributed by atoms with E-state index < -0.39 is 5.41 Å². The Balaban J connectivity index is 1.40. The van der Waals surface area contributed by atoms with Gasteiger partial charge in [-0.15, -0.1) is 0 Å². The van der Waals surface area contributed by atoms with Crippen molar-refractivity contribution in [1.29, 1.82) is 0 Å². The van der Waals surface area contributed by atoms with E-state index in [0.717, 1.165) is 22.7 Å². The smallest absolute Gasteiger partial charge is 0.0715 e. The summed E-state index contributed by atoms with van der Waals surface area (Å²) in [4.78, 5) is 4.99. The van der Waals surface area contributed by atoms with Gasteiger partial charge in [0.05, 0.1) is 16.8 Å². The fourth-order valence-electron chi connectivity index (χ4n) is 11.0. The number of aryl methyl sites for hydroxylation is 12. The Morgan fingerprint density at radius 3 is 0.873 bits per heavy atom. The first-order valence-corrected chi connectivity index (χ1v) is 22.5. The van der Waals surface area contributed by atoms with Crippen LogP contribution in [0.4, 0.5) is 34.1 Å². The summed E-state index contributed by atoms with van der Waals surface area (Å²) in [5, 5.41) is 0. The number of benzene rings is 8. The number of hydrogen-bond donors (Lipinski definition) is 0. The van der Waals surface area contributed by atoms with Crippen molar-refractivity contribution in [2.75, 3.05) is 9.80 Å². The van der Waals surface area contributed by atoms with Gasteiger partial charge in [-0.25, -0.2) is 0 Å². The molecule has 0 saturated heterocycles. The first kappa shape index (κ1) is 41.7. The molecular weight excluding hydrogens is 761 g/mol. The lowest BCUT2D eigenvalue weighted by molar-refractivity contribution is 0.763. The van der Waals surface area contributed by atoms with E-state index in [2.05, 4.69) is 238 Å². The van der Waals surface area contributed by atoms with Gasteiger partial charge < -0.3 is 9.80 Å². The van der Waals surface area contributed by atoms with Crippen LogP contribution in [0.15, 0.2) is 146 Å². The Morgan fingerprint density at radius 2 is 0.556 bits per heavy atom. The molecule has 0 bridgehead atoms. The zero-order valence-electron chi connectivity index (χ0n) is 39.3. The van der Waals surface area contributed by atoms with Crippen LogP contribution in [0.25, 0.3) is 11.1 Å². The molecule has 0 saturated carbocycles. The van der Waals surface area contributed by atoms with Crippen LogP contribution in [0.5, 0.6) is 0 Å². The fraction of sp³-hybridized carbons (Fsp3) is 0.213. The second-order valence-electron chi connectivity index (χ2n) is 18.8. The predicted octanol–water partition coefficient (Wildman–Crippen LogP) is 16.7. The van der Waals surface area contributed by atoms with Gasteiger partial charge in [0.2, 0.25) is 0 Å². The zero-order chi connectivity index (χ0) is 44.5. The molecule has 2 nitrogen and oxygen atoms in total. The first-order chi connectivity index (χ1) is 30.1. The number of fused-ring (bicyclic) bond motifs is 3. The van der Waals surface area contributed by atoms with Crippen molar-refractivity contribution in [3.63, 3.8) is 0 Å². The summed E-state index contributed by atoms with van der Waals surface area (Å²) in [7, 11) is 0. The van der Waals surface area contributed by atoms with E-state index in [9.17, 15) is 0 Å². The molecule has 63 heavy (non-hydrogen) atoms. The molecular formula is C61H60N2.